The largest absolute Gasteiger partial charge is 0.497 e. The number of nitrogens with zero attached hydrogens (tertiary/aromatic N) is 2. The fraction of sp³-hybridized carbons (Fsp3) is 0.308. The molecule has 0 radical (unpaired) electrons. The minimum atomic E-state index is -0.556. The molecule has 2 heterocycles. The van der Waals surface area contributed by atoms with E-state index in [4.69, 9.17) is 14.2 Å². The lowest BCUT2D eigenvalue weighted by Crippen LogP contribution is -2.29. The number of carbonyl (C=O) groups is 1. The average molecular weight is 467 g/mol. The zero-order chi connectivity index (χ0) is 24.1. The second-order valence-electron chi connectivity index (χ2n) is 8.10. The molecule has 0 saturated heterocycles. The molecule has 1 aliphatic rings. The number of esters is 1. The Hall–Kier alpha value is -3.65. The second kappa shape index (κ2) is 10.5. The van der Waals surface area contributed by atoms with E-state index in [0.717, 1.165) is 16.9 Å². The molecule has 8 heteroatoms. The molecule has 7 nitrogen and oxygen atoms in total. The zero-order valence-corrected chi connectivity index (χ0v) is 19.3. The molecule has 3 aromatic rings. The number of hydrogen-bond acceptors (Lipinski definition) is 6. The predicted octanol–water partition coefficient (Wildman–Crippen LogP) is 3.42. The Labute approximate surface area is 197 Å². The molecule has 0 fully saturated rings. The summed E-state index contributed by atoms with van der Waals surface area (Å²) in [5.74, 6) is 0.0660. The molecule has 0 bridgehead atoms. The first-order valence-electron chi connectivity index (χ1n) is 11.1. The van der Waals surface area contributed by atoms with E-state index in [-0.39, 0.29) is 29.3 Å². The summed E-state index contributed by atoms with van der Waals surface area (Å²) in [6, 6.07) is 15.1. The number of fused-ring (bicyclic) bond motifs is 1. The van der Waals surface area contributed by atoms with E-state index in [0.29, 0.717) is 38.3 Å². The number of ether oxygens (including phenoxy) is 3. The van der Waals surface area contributed by atoms with Crippen molar-refractivity contribution in [2.45, 2.75) is 26.1 Å². The molecule has 0 saturated carbocycles. The minimum absolute atomic E-state index is 0.0924. The van der Waals surface area contributed by atoms with Gasteiger partial charge in [-0.3, -0.25) is 9.69 Å². The van der Waals surface area contributed by atoms with Crippen LogP contribution in [-0.2, 0) is 30.9 Å². The molecule has 1 aromatic heterocycles. The Balaban J connectivity index is 1.59. The van der Waals surface area contributed by atoms with Gasteiger partial charge >= 0.3 is 5.97 Å². The summed E-state index contributed by atoms with van der Waals surface area (Å²) in [7, 11) is 2.94. The van der Waals surface area contributed by atoms with E-state index in [9.17, 15) is 14.0 Å². The molecule has 2 aromatic carbocycles. The monoisotopic (exact) mass is 466 g/mol. The van der Waals surface area contributed by atoms with Gasteiger partial charge in [0.2, 0.25) is 0 Å². The third-order valence-electron chi connectivity index (χ3n) is 5.92. The van der Waals surface area contributed by atoms with Crippen molar-refractivity contribution >= 4 is 5.97 Å². The maximum Gasteiger partial charge on any atom is 0.343 e. The van der Waals surface area contributed by atoms with Gasteiger partial charge in [0, 0.05) is 44.4 Å². The number of carbonyl (C=O) groups excluding carboxylic acids is 1. The molecule has 0 spiro atoms. The number of rotatable bonds is 7. The van der Waals surface area contributed by atoms with Gasteiger partial charge < -0.3 is 18.8 Å². The topological polar surface area (TPSA) is 70.0 Å². The van der Waals surface area contributed by atoms with Gasteiger partial charge in [0.25, 0.3) is 5.56 Å². The number of halogens is 1. The van der Waals surface area contributed by atoms with Crippen molar-refractivity contribution in [2.24, 2.45) is 0 Å². The molecule has 0 unspecified atom stereocenters. The van der Waals surface area contributed by atoms with Crippen LogP contribution in [0.4, 0.5) is 4.39 Å². The molecule has 4 rings (SSSR count). The molecule has 34 heavy (non-hydrogen) atoms. The lowest BCUT2D eigenvalue weighted by Gasteiger charge is -2.19. The fourth-order valence-electron chi connectivity index (χ4n) is 4.16. The van der Waals surface area contributed by atoms with Crippen molar-refractivity contribution in [3.05, 3.63) is 93.2 Å². The van der Waals surface area contributed by atoms with Crippen molar-refractivity contribution in [3.8, 4) is 11.5 Å². The Morgan fingerprint density at radius 3 is 2.53 bits per heavy atom. The molecule has 178 valence electrons. The van der Waals surface area contributed by atoms with Gasteiger partial charge in [0.05, 0.1) is 14.2 Å². The lowest BCUT2D eigenvalue weighted by molar-refractivity contribution is 0.0592. The summed E-state index contributed by atoms with van der Waals surface area (Å²) in [5.41, 5.74) is 2.44. The number of methoxy groups -OCH3 is 2. The van der Waals surface area contributed by atoms with Crippen molar-refractivity contribution in [2.75, 3.05) is 27.3 Å². The lowest BCUT2D eigenvalue weighted by atomic mass is 10.1. The normalized spacial score (nSPS) is 13.6. The van der Waals surface area contributed by atoms with E-state index >= 15 is 0 Å². The highest BCUT2D eigenvalue weighted by molar-refractivity contribution is 5.93. The van der Waals surface area contributed by atoms with E-state index in [2.05, 4.69) is 4.90 Å². The van der Waals surface area contributed by atoms with Gasteiger partial charge in [-0.2, -0.15) is 0 Å². The van der Waals surface area contributed by atoms with Gasteiger partial charge in [0.15, 0.2) is 0 Å². The quantitative estimate of drug-likeness (QED) is 0.497. The van der Waals surface area contributed by atoms with Gasteiger partial charge in [-0.25, -0.2) is 9.18 Å². The van der Waals surface area contributed by atoms with Crippen LogP contribution in [0.3, 0.4) is 0 Å². The fourth-order valence-corrected chi connectivity index (χ4v) is 4.16. The minimum Gasteiger partial charge on any atom is -0.497 e. The van der Waals surface area contributed by atoms with E-state index < -0.39 is 5.97 Å². The van der Waals surface area contributed by atoms with Gasteiger partial charge in [-0.05, 0) is 35.4 Å². The second-order valence-corrected chi connectivity index (χ2v) is 8.10. The highest BCUT2D eigenvalue weighted by Crippen LogP contribution is 2.25. The standard InChI is InChI=1S/C26H27FN2O5/c1-32-21-5-3-4-19(14-21)16-28-11-10-22-25(26(31)33-2)23(15-24(30)29(22)13-12-28)34-17-18-6-8-20(27)9-7-18/h3-9,14-15H,10-13,16-17H2,1-2H3. The highest BCUT2D eigenvalue weighted by Gasteiger charge is 2.26. The summed E-state index contributed by atoms with van der Waals surface area (Å²) in [6.45, 7) is 2.54. The SMILES string of the molecule is COC(=O)c1c(OCc2ccc(F)cc2)cc(=O)n2c1CCN(Cc1cccc(OC)c1)CC2. The van der Waals surface area contributed by atoms with Crippen LogP contribution < -0.4 is 15.0 Å². The van der Waals surface area contributed by atoms with Gasteiger partial charge in [-0.15, -0.1) is 0 Å². The van der Waals surface area contributed by atoms with Crippen molar-refractivity contribution in [3.63, 3.8) is 0 Å². The first-order valence-corrected chi connectivity index (χ1v) is 11.1. The average Bonchev–Trinajstić information content (AvgIpc) is 3.06. The molecule has 1 aliphatic heterocycles. The van der Waals surface area contributed by atoms with Crippen LogP contribution in [0.2, 0.25) is 0 Å². The summed E-state index contributed by atoms with van der Waals surface area (Å²) >= 11 is 0. The van der Waals surface area contributed by atoms with Crippen LogP contribution >= 0.6 is 0 Å². The van der Waals surface area contributed by atoms with Crippen molar-refractivity contribution in [1.82, 2.24) is 9.47 Å². The molecular formula is C26H27FN2O5. The first kappa shape index (κ1) is 23.5. The summed E-state index contributed by atoms with van der Waals surface area (Å²) in [6.07, 6.45) is 0.484. The molecule has 0 aliphatic carbocycles. The van der Waals surface area contributed by atoms with Crippen LogP contribution in [0.15, 0.2) is 59.4 Å². The van der Waals surface area contributed by atoms with Crippen LogP contribution in [0.1, 0.15) is 27.2 Å². The Bertz CT molecular complexity index is 1220. The molecule has 0 N–H and O–H groups in total. The van der Waals surface area contributed by atoms with Gasteiger partial charge in [0.1, 0.15) is 29.5 Å². The Kier molecular flexibility index (Phi) is 7.27. The number of benzene rings is 2. The maximum atomic E-state index is 13.2. The zero-order valence-electron chi connectivity index (χ0n) is 19.3. The molecular weight excluding hydrogens is 439 g/mol. The summed E-state index contributed by atoms with van der Waals surface area (Å²) in [5, 5.41) is 0. The van der Waals surface area contributed by atoms with Crippen molar-refractivity contribution < 1.29 is 23.4 Å². The first-order chi connectivity index (χ1) is 16.5. The summed E-state index contributed by atoms with van der Waals surface area (Å²) < 4.78 is 31.0. The predicted molar refractivity (Wildman–Crippen MR) is 125 cm³/mol. The van der Waals surface area contributed by atoms with Gasteiger partial charge in [-0.1, -0.05) is 24.3 Å². The van der Waals surface area contributed by atoms with Crippen LogP contribution in [0.25, 0.3) is 0 Å². The van der Waals surface area contributed by atoms with Crippen LogP contribution in [0, 0.1) is 5.82 Å². The van der Waals surface area contributed by atoms with E-state index in [1.807, 2.05) is 24.3 Å². The Morgan fingerprint density at radius 2 is 1.79 bits per heavy atom. The molecule has 0 atom stereocenters. The number of pyridine rings is 1. The summed E-state index contributed by atoms with van der Waals surface area (Å²) in [4.78, 5) is 27.9. The van der Waals surface area contributed by atoms with Crippen molar-refractivity contribution in [1.29, 1.82) is 0 Å². The third kappa shape index (κ3) is 5.28. The number of hydrogen-bond donors (Lipinski definition) is 0. The maximum absolute atomic E-state index is 13.2. The number of aromatic nitrogens is 1. The van der Waals surface area contributed by atoms with Crippen LogP contribution in [-0.4, -0.2) is 42.7 Å². The van der Waals surface area contributed by atoms with Crippen LogP contribution in [0.5, 0.6) is 11.5 Å². The molecule has 0 amide bonds. The third-order valence-corrected chi connectivity index (χ3v) is 5.92. The highest BCUT2D eigenvalue weighted by atomic mass is 19.1. The van der Waals surface area contributed by atoms with E-state index in [1.165, 1.54) is 25.3 Å². The van der Waals surface area contributed by atoms with E-state index in [1.54, 1.807) is 23.8 Å². The smallest absolute Gasteiger partial charge is 0.343 e. The Morgan fingerprint density at radius 1 is 1.00 bits per heavy atom.